The average Bonchev–Trinajstić information content (AvgIpc) is 2.30. The largest absolute Gasteiger partial charge is 0.316 e. The van der Waals surface area contributed by atoms with E-state index in [1.807, 2.05) is 6.92 Å². The van der Waals surface area contributed by atoms with E-state index in [2.05, 4.69) is 19.2 Å². The molecule has 0 bridgehead atoms. The number of nitrogens with one attached hydrogen (secondary N) is 1. The Morgan fingerprint density at radius 2 is 1.83 bits per heavy atom. The predicted molar refractivity (Wildman–Crippen MR) is 71.8 cm³/mol. The minimum absolute atomic E-state index is 0.107. The van der Waals surface area contributed by atoms with Crippen LogP contribution < -0.4 is 5.32 Å². The molecule has 0 aromatic heterocycles. The molecule has 1 unspecified atom stereocenters. The van der Waals surface area contributed by atoms with E-state index in [4.69, 9.17) is 0 Å². The second-order valence-electron chi connectivity index (χ2n) is 5.38. The zero-order valence-corrected chi connectivity index (χ0v) is 11.7. The fourth-order valence-corrected chi connectivity index (χ4v) is 1.98. The summed E-state index contributed by atoms with van der Waals surface area (Å²) in [4.78, 5) is 0. The van der Waals surface area contributed by atoms with Crippen LogP contribution in [0.5, 0.6) is 0 Å². The summed E-state index contributed by atoms with van der Waals surface area (Å²) in [5.41, 5.74) is 0.731. The Morgan fingerprint density at radius 3 is 2.44 bits per heavy atom. The lowest BCUT2D eigenvalue weighted by atomic mass is 9.95. The summed E-state index contributed by atoms with van der Waals surface area (Å²) in [6, 6.07) is 2.84. The Labute approximate surface area is 109 Å². The lowest BCUT2D eigenvalue weighted by molar-refractivity contribution is 0.490. The van der Waals surface area contributed by atoms with Crippen molar-refractivity contribution in [1.29, 1.82) is 0 Å². The highest BCUT2D eigenvalue weighted by atomic mass is 19.1. The van der Waals surface area contributed by atoms with Gasteiger partial charge in [0.1, 0.15) is 11.6 Å². The minimum Gasteiger partial charge on any atom is -0.316 e. The Hall–Kier alpha value is -0.960. The first-order chi connectivity index (χ1) is 8.43. The Kier molecular flexibility index (Phi) is 5.73. The van der Waals surface area contributed by atoms with Crippen LogP contribution in [0, 0.1) is 24.5 Å². The van der Waals surface area contributed by atoms with Crippen LogP contribution in [0.1, 0.15) is 44.2 Å². The van der Waals surface area contributed by atoms with Gasteiger partial charge in [-0.3, -0.25) is 0 Å². The van der Waals surface area contributed by atoms with Crippen LogP contribution in [-0.4, -0.2) is 13.1 Å². The van der Waals surface area contributed by atoms with Gasteiger partial charge < -0.3 is 5.32 Å². The molecule has 1 aromatic rings. The second-order valence-corrected chi connectivity index (χ2v) is 5.38. The van der Waals surface area contributed by atoms with Crippen LogP contribution in [0.4, 0.5) is 8.78 Å². The molecule has 0 heterocycles. The molecule has 0 spiro atoms. The summed E-state index contributed by atoms with van der Waals surface area (Å²) in [7, 11) is 0. The summed E-state index contributed by atoms with van der Waals surface area (Å²) in [6.45, 7) is 9.53. The summed E-state index contributed by atoms with van der Waals surface area (Å²) in [5, 5.41) is 3.29. The average molecular weight is 255 g/mol. The quantitative estimate of drug-likeness (QED) is 0.757. The molecule has 3 heteroatoms. The first-order valence-electron chi connectivity index (χ1n) is 6.58. The van der Waals surface area contributed by atoms with E-state index < -0.39 is 11.6 Å². The molecular formula is C15H23F2N. The van der Waals surface area contributed by atoms with E-state index in [1.54, 1.807) is 6.92 Å². The Bertz CT molecular complexity index is 388. The van der Waals surface area contributed by atoms with E-state index in [1.165, 1.54) is 12.1 Å². The van der Waals surface area contributed by atoms with Crippen LogP contribution in [0.2, 0.25) is 0 Å². The molecule has 0 saturated heterocycles. The highest BCUT2D eigenvalue weighted by Gasteiger charge is 2.17. The molecule has 0 aliphatic carbocycles. The molecule has 1 nitrogen and oxygen atoms in total. The topological polar surface area (TPSA) is 12.0 Å². The van der Waals surface area contributed by atoms with Crippen molar-refractivity contribution < 1.29 is 8.78 Å². The zero-order chi connectivity index (χ0) is 13.7. The van der Waals surface area contributed by atoms with Gasteiger partial charge in [0.15, 0.2) is 0 Å². The van der Waals surface area contributed by atoms with E-state index >= 15 is 0 Å². The van der Waals surface area contributed by atoms with Crippen molar-refractivity contribution >= 4 is 0 Å². The molecule has 1 atom stereocenters. The lowest BCUT2D eigenvalue weighted by Gasteiger charge is -2.16. The van der Waals surface area contributed by atoms with Crippen molar-refractivity contribution in [2.24, 2.45) is 5.92 Å². The van der Waals surface area contributed by atoms with Crippen LogP contribution in [-0.2, 0) is 0 Å². The second kappa shape index (κ2) is 6.83. The third kappa shape index (κ3) is 4.05. The number of rotatable bonds is 6. The van der Waals surface area contributed by atoms with Gasteiger partial charge in [-0.2, -0.15) is 0 Å². The number of hydrogen-bond donors (Lipinski definition) is 1. The van der Waals surface area contributed by atoms with Gasteiger partial charge in [-0.15, -0.1) is 0 Å². The molecule has 0 fully saturated rings. The number of hydrogen-bond acceptors (Lipinski definition) is 1. The maximum absolute atomic E-state index is 13.9. The third-order valence-electron chi connectivity index (χ3n) is 3.12. The van der Waals surface area contributed by atoms with E-state index in [9.17, 15) is 8.78 Å². The van der Waals surface area contributed by atoms with Crippen molar-refractivity contribution in [3.8, 4) is 0 Å². The maximum Gasteiger partial charge on any atom is 0.132 e. The van der Waals surface area contributed by atoms with Gasteiger partial charge in [0.25, 0.3) is 0 Å². The van der Waals surface area contributed by atoms with Crippen molar-refractivity contribution in [3.05, 3.63) is 34.9 Å². The number of benzene rings is 1. The fourth-order valence-electron chi connectivity index (χ4n) is 1.98. The van der Waals surface area contributed by atoms with E-state index in [0.717, 1.165) is 19.5 Å². The lowest BCUT2D eigenvalue weighted by Crippen LogP contribution is -2.22. The molecule has 0 amide bonds. The van der Waals surface area contributed by atoms with Crippen LogP contribution in [0.3, 0.4) is 0 Å². The molecule has 0 aliphatic rings. The monoisotopic (exact) mass is 255 g/mol. The number of aryl methyl sites for hydroxylation is 1. The predicted octanol–water partition coefficient (Wildman–Crippen LogP) is 4.01. The zero-order valence-electron chi connectivity index (χ0n) is 11.7. The molecule has 1 rings (SSSR count). The fraction of sp³-hybridized carbons (Fsp3) is 0.600. The Balaban J connectivity index is 2.61. The van der Waals surface area contributed by atoms with Crippen LogP contribution in [0.25, 0.3) is 0 Å². The molecule has 1 N–H and O–H groups in total. The first-order valence-corrected chi connectivity index (χ1v) is 6.58. The molecule has 18 heavy (non-hydrogen) atoms. The highest BCUT2D eigenvalue weighted by molar-refractivity contribution is 5.29. The highest BCUT2D eigenvalue weighted by Crippen LogP contribution is 2.26. The van der Waals surface area contributed by atoms with Crippen molar-refractivity contribution in [2.75, 3.05) is 13.1 Å². The maximum atomic E-state index is 13.9. The van der Waals surface area contributed by atoms with Gasteiger partial charge in [-0.25, -0.2) is 8.78 Å². The SMILES string of the molecule is Cc1ccc(F)c(C(C)CCNCC(C)C)c1F. The molecule has 1 aromatic carbocycles. The summed E-state index contributed by atoms with van der Waals surface area (Å²) < 4.78 is 27.5. The van der Waals surface area contributed by atoms with Crippen LogP contribution >= 0.6 is 0 Å². The molecule has 0 saturated carbocycles. The Morgan fingerprint density at radius 1 is 1.17 bits per heavy atom. The van der Waals surface area contributed by atoms with Crippen molar-refractivity contribution in [2.45, 2.75) is 40.0 Å². The van der Waals surface area contributed by atoms with Gasteiger partial charge in [-0.05, 0) is 49.9 Å². The van der Waals surface area contributed by atoms with Gasteiger partial charge in [0.05, 0.1) is 0 Å². The first kappa shape index (κ1) is 15.1. The summed E-state index contributed by atoms with van der Waals surface area (Å²) in [6.07, 6.45) is 0.740. The van der Waals surface area contributed by atoms with Gasteiger partial charge in [0.2, 0.25) is 0 Å². The van der Waals surface area contributed by atoms with Crippen molar-refractivity contribution in [1.82, 2.24) is 5.32 Å². The normalized spacial score (nSPS) is 13.1. The van der Waals surface area contributed by atoms with Gasteiger partial charge >= 0.3 is 0 Å². The third-order valence-corrected chi connectivity index (χ3v) is 3.12. The van der Waals surface area contributed by atoms with Gasteiger partial charge in [0, 0.05) is 5.56 Å². The van der Waals surface area contributed by atoms with Crippen molar-refractivity contribution in [3.63, 3.8) is 0 Å². The standard InChI is InChI=1S/C15H23F2N/c1-10(2)9-18-8-7-11(3)14-13(16)6-5-12(4)15(14)17/h5-6,10-11,18H,7-9H2,1-4H3. The summed E-state index contributed by atoms with van der Waals surface area (Å²) in [5.74, 6) is -0.349. The van der Waals surface area contributed by atoms with Crippen LogP contribution in [0.15, 0.2) is 12.1 Å². The molecule has 0 radical (unpaired) electrons. The molecular weight excluding hydrogens is 232 g/mol. The van der Waals surface area contributed by atoms with E-state index in [-0.39, 0.29) is 11.5 Å². The summed E-state index contributed by atoms with van der Waals surface area (Å²) >= 11 is 0. The minimum atomic E-state index is -0.436. The number of halogens is 2. The smallest absolute Gasteiger partial charge is 0.132 e. The van der Waals surface area contributed by atoms with E-state index in [0.29, 0.717) is 11.5 Å². The molecule has 102 valence electrons. The van der Waals surface area contributed by atoms with Gasteiger partial charge in [-0.1, -0.05) is 26.8 Å². The molecule has 0 aliphatic heterocycles.